The van der Waals surface area contributed by atoms with Gasteiger partial charge in [-0.25, -0.2) is 0 Å². The van der Waals surface area contributed by atoms with Gasteiger partial charge in [0.2, 0.25) is 0 Å². The van der Waals surface area contributed by atoms with Crippen molar-refractivity contribution in [2.45, 2.75) is 0 Å². The molecule has 0 aromatic heterocycles. The molecule has 4 heteroatoms. The summed E-state index contributed by atoms with van der Waals surface area (Å²) in [6.07, 6.45) is 0.880. The molecule has 1 heterocycles. The first-order valence-electron chi connectivity index (χ1n) is 7.07. The van der Waals surface area contributed by atoms with E-state index in [-0.39, 0.29) is 0 Å². The highest BCUT2D eigenvalue weighted by molar-refractivity contribution is 6.31. The zero-order valence-corrected chi connectivity index (χ0v) is 12.5. The normalized spacial score (nSPS) is 15.1. The minimum atomic E-state index is 0.601. The standard InChI is InChI=1S/C17H17ClN2O/c18-15-6-7-17(14(12-15)13-21)20-10-8-19(9-11-20)16-4-2-1-3-5-16/h1-7,12-13H,8-11H2. The highest BCUT2D eigenvalue weighted by atomic mass is 35.5. The van der Waals surface area contributed by atoms with E-state index in [2.05, 4.69) is 34.1 Å². The van der Waals surface area contributed by atoms with Crippen LogP contribution >= 0.6 is 11.6 Å². The van der Waals surface area contributed by atoms with Gasteiger partial charge in [-0.15, -0.1) is 0 Å². The number of halogens is 1. The Morgan fingerprint density at radius 2 is 1.57 bits per heavy atom. The number of hydrogen-bond donors (Lipinski definition) is 0. The lowest BCUT2D eigenvalue weighted by Crippen LogP contribution is -2.46. The monoisotopic (exact) mass is 300 g/mol. The molecular weight excluding hydrogens is 284 g/mol. The molecule has 1 aliphatic heterocycles. The summed E-state index contributed by atoms with van der Waals surface area (Å²) in [6, 6.07) is 15.9. The Kier molecular flexibility index (Phi) is 4.11. The van der Waals surface area contributed by atoms with E-state index >= 15 is 0 Å². The molecule has 0 spiro atoms. The van der Waals surface area contributed by atoms with Gasteiger partial charge in [-0.1, -0.05) is 29.8 Å². The molecule has 0 saturated carbocycles. The van der Waals surface area contributed by atoms with Gasteiger partial charge in [-0.3, -0.25) is 4.79 Å². The van der Waals surface area contributed by atoms with Gasteiger partial charge in [0.25, 0.3) is 0 Å². The number of hydrogen-bond acceptors (Lipinski definition) is 3. The van der Waals surface area contributed by atoms with Crippen LogP contribution in [0, 0.1) is 0 Å². The fourth-order valence-electron chi connectivity index (χ4n) is 2.75. The zero-order chi connectivity index (χ0) is 14.7. The van der Waals surface area contributed by atoms with Crippen LogP contribution in [0.2, 0.25) is 5.02 Å². The number of nitrogens with zero attached hydrogens (tertiary/aromatic N) is 2. The van der Waals surface area contributed by atoms with Gasteiger partial charge >= 0.3 is 0 Å². The van der Waals surface area contributed by atoms with Crippen LogP contribution in [-0.2, 0) is 0 Å². The van der Waals surface area contributed by atoms with Crippen molar-refractivity contribution >= 4 is 29.3 Å². The molecule has 21 heavy (non-hydrogen) atoms. The Morgan fingerprint density at radius 1 is 0.905 bits per heavy atom. The number of aldehydes is 1. The van der Waals surface area contributed by atoms with Crippen LogP contribution in [0.25, 0.3) is 0 Å². The molecule has 2 aromatic carbocycles. The molecule has 0 unspecified atom stereocenters. The van der Waals surface area contributed by atoms with Gasteiger partial charge in [-0.05, 0) is 30.3 Å². The van der Waals surface area contributed by atoms with Crippen molar-refractivity contribution < 1.29 is 4.79 Å². The smallest absolute Gasteiger partial charge is 0.152 e. The van der Waals surface area contributed by atoms with E-state index in [0.717, 1.165) is 38.2 Å². The average Bonchev–Trinajstić information content (AvgIpc) is 2.56. The van der Waals surface area contributed by atoms with E-state index in [0.29, 0.717) is 10.6 Å². The summed E-state index contributed by atoms with van der Waals surface area (Å²) in [4.78, 5) is 15.8. The third kappa shape index (κ3) is 3.03. The first kappa shape index (κ1) is 14.0. The fourth-order valence-corrected chi connectivity index (χ4v) is 2.93. The summed E-state index contributed by atoms with van der Waals surface area (Å²) in [7, 11) is 0. The molecule has 0 atom stereocenters. The van der Waals surface area contributed by atoms with Crippen molar-refractivity contribution in [3.05, 3.63) is 59.1 Å². The molecule has 3 nitrogen and oxygen atoms in total. The van der Waals surface area contributed by atoms with Crippen LogP contribution in [0.4, 0.5) is 11.4 Å². The van der Waals surface area contributed by atoms with E-state index in [9.17, 15) is 4.79 Å². The topological polar surface area (TPSA) is 23.6 Å². The lowest BCUT2D eigenvalue weighted by atomic mass is 10.1. The second-order valence-electron chi connectivity index (χ2n) is 5.13. The molecule has 0 bridgehead atoms. The van der Waals surface area contributed by atoms with Crippen molar-refractivity contribution in [3.8, 4) is 0 Å². The minimum Gasteiger partial charge on any atom is -0.368 e. The predicted octanol–water partition coefficient (Wildman–Crippen LogP) is 3.48. The van der Waals surface area contributed by atoms with Crippen molar-refractivity contribution in [1.82, 2.24) is 0 Å². The van der Waals surface area contributed by atoms with Gasteiger partial charge in [0.1, 0.15) is 0 Å². The second kappa shape index (κ2) is 6.19. The SMILES string of the molecule is O=Cc1cc(Cl)ccc1N1CCN(c2ccccc2)CC1. The minimum absolute atomic E-state index is 0.601. The van der Waals surface area contributed by atoms with Crippen molar-refractivity contribution in [2.75, 3.05) is 36.0 Å². The molecular formula is C17H17ClN2O. The molecule has 3 rings (SSSR count). The molecule has 0 amide bonds. The first-order chi connectivity index (χ1) is 10.3. The molecule has 0 N–H and O–H groups in total. The van der Waals surface area contributed by atoms with Crippen LogP contribution in [0.1, 0.15) is 10.4 Å². The van der Waals surface area contributed by atoms with Gasteiger partial charge in [0, 0.05) is 48.1 Å². The van der Waals surface area contributed by atoms with Crippen LogP contribution in [0.15, 0.2) is 48.5 Å². The molecule has 1 aliphatic rings. The molecule has 108 valence electrons. The third-order valence-corrected chi connectivity index (χ3v) is 4.09. The summed E-state index contributed by atoms with van der Waals surface area (Å²) in [5.41, 5.74) is 2.89. The van der Waals surface area contributed by atoms with E-state index < -0.39 is 0 Å². The zero-order valence-electron chi connectivity index (χ0n) is 11.7. The third-order valence-electron chi connectivity index (χ3n) is 3.86. The van der Waals surface area contributed by atoms with Gasteiger partial charge in [-0.2, -0.15) is 0 Å². The molecule has 0 aliphatic carbocycles. The summed E-state index contributed by atoms with van der Waals surface area (Å²) in [6.45, 7) is 3.70. The largest absolute Gasteiger partial charge is 0.368 e. The Balaban J connectivity index is 1.73. The lowest BCUT2D eigenvalue weighted by molar-refractivity contribution is 0.112. The maximum atomic E-state index is 11.2. The van der Waals surface area contributed by atoms with Crippen molar-refractivity contribution in [1.29, 1.82) is 0 Å². The number of rotatable bonds is 3. The number of carbonyl (C=O) groups is 1. The summed E-state index contributed by atoms with van der Waals surface area (Å²) < 4.78 is 0. The van der Waals surface area contributed by atoms with Crippen molar-refractivity contribution in [3.63, 3.8) is 0 Å². The quantitative estimate of drug-likeness (QED) is 0.811. The van der Waals surface area contributed by atoms with E-state index in [1.165, 1.54) is 5.69 Å². The van der Waals surface area contributed by atoms with Crippen LogP contribution in [0.3, 0.4) is 0 Å². The van der Waals surface area contributed by atoms with E-state index in [1.807, 2.05) is 18.2 Å². The summed E-state index contributed by atoms with van der Waals surface area (Å²) in [5.74, 6) is 0. The molecule has 1 saturated heterocycles. The highest BCUT2D eigenvalue weighted by Gasteiger charge is 2.19. The predicted molar refractivity (Wildman–Crippen MR) is 87.7 cm³/mol. The number of carbonyl (C=O) groups excluding carboxylic acids is 1. The van der Waals surface area contributed by atoms with Gasteiger partial charge in [0.05, 0.1) is 0 Å². The van der Waals surface area contributed by atoms with Crippen LogP contribution in [-0.4, -0.2) is 32.5 Å². The van der Waals surface area contributed by atoms with Gasteiger partial charge < -0.3 is 9.80 Å². The first-order valence-corrected chi connectivity index (χ1v) is 7.45. The summed E-state index contributed by atoms with van der Waals surface area (Å²) in [5, 5.41) is 0.601. The lowest BCUT2D eigenvalue weighted by Gasteiger charge is -2.37. The number of benzene rings is 2. The van der Waals surface area contributed by atoms with Crippen LogP contribution in [0.5, 0.6) is 0 Å². The fraction of sp³-hybridized carbons (Fsp3) is 0.235. The Hall–Kier alpha value is -2.00. The van der Waals surface area contributed by atoms with Crippen molar-refractivity contribution in [2.24, 2.45) is 0 Å². The van der Waals surface area contributed by atoms with Crippen LogP contribution < -0.4 is 9.80 Å². The maximum Gasteiger partial charge on any atom is 0.152 e. The van der Waals surface area contributed by atoms with E-state index in [1.54, 1.807) is 6.07 Å². The second-order valence-corrected chi connectivity index (χ2v) is 5.57. The Labute approximate surface area is 129 Å². The molecule has 0 radical (unpaired) electrons. The molecule has 2 aromatic rings. The molecule has 1 fully saturated rings. The average molecular weight is 301 g/mol. The number of piperazine rings is 1. The number of para-hydroxylation sites is 1. The maximum absolute atomic E-state index is 11.2. The van der Waals surface area contributed by atoms with E-state index in [4.69, 9.17) is 11.6 Å². The summed E-state index contributed by atoms with van der Waals surface area (Å²) >= 11 is 5.95. The Bertz CT molecular complexity index is 622. The van der Waals surface area contributed by atoms with Gasteiger partial charge in [0.15, 0.2) is 6.29 Å². The highest BCUT2D eigenvalue weighted by Crippen LogP contribution is 2.25. The number of anilines is 2. The Morgan fingerprint density at radius 3 is 2.24 bits per heavy atom.